The fourth-order valence-electron chi connectivity index (χ4n) is 2.88. The fraction of sp³-hybridized carbons (Fsp3) is 0.750. The number of esters is 1. The maximum absolute atomic E-state index is 11.7. The van der Waals surface area contributed by atoms with Crippen LogP contribution in [0.15, 0.2) is 6.20 Å². The van der Waals surface area contributed by atoms with E-state index >= 15 is 0 Å². The Balaban J connectivity index is 2.01. The van der Waals surface area contributed by atoms with Crippen LogP contribution in [-0.2, 0) is 33.0 Å². The summed E-state index contributed by atoms with van der Waals surface area (Å²) in [5.74, 6) is -0.278. The monoisotopic (exact) mass is 339 g/mol. The number of hydrogen-bond donors (Lipinski definition) is 1. The van der Waals surface area contributed by atoms with E-state index in [2.05, 4.69) is 24.7 Å². The van der Waals surface area contributed by atoms with Crippen LogP contribution in [0.3, 0.4) is 0 Å². The minimum atomic E-state index is -1.08. The Bertz CT molecular complexity index is 553. The summed E-state index contributed by atoms with van der Waals surface area (Å²) < 4.78 is 12.3. The third kappa shape index (κ3) is 4.89. The molecule has 1 aromatic rings. The third-order valence-corrected chi connectivity index (χ3v) is 6.02. The van der Waals surface area contributed by atoms with Crippen LogP contribution in [0, 0.1) is 0 Å². The SMILES string of the molecule is COC(=O)C[C@@]1(N)CCCc2nn(COCC[Si](C)(C)C)cc21. The normalized spacial score (nSPS) is 21.1. The van der Waals surface area contributed by atoms with Crippen molar-refractivity contribution in [2.24, 2.45) is 5.73 Å². The van der Waals surface area contributed by atoms with E-state index in [1.165, 1.54) is 7.11 Å². The lowest BCUT2D eigenvalue weighted by Gasteiger charge is -2.31. The highest BCUT2D eigenvalue weighted by Crippen LogP contribution is 2.35. The fourth-order valence-corrected chi connectivity index (χ4v) is 3.64. The second-order valence-corrected chi connectivity index (χ2v) is 13.3. The van der Waals surface area contributed by atoms with Crippen LogP contribution in [0.4, 0.5) is 0 Å². The molecule has 0 saturated carbocycles. The predicted octanol–water partition coefficient (Wildman–Crippen LogP) is 2.25. The van der Waals surface area contributed by atoms with Gasteiger partial charge in [-0.3, -0.25) is 4.79 Å². The van der Waals surface area contributed by atoms with Crippen LogP contribution in [-0.4, -0.2) is 37.5 Å². The van der Waals surface area contributed by atoms with Gasteiger partial charge in [0.05, 0.1) is 24.8 Å². The number of methoxy groups -OCH3 is 1. The van der Waals surface area contributed by atoms with Gasteiger partial charge in [0.1, 0.15) is 6.73 Å². The number of carbonyl (C=O) groups excluding carboxylic acids is 1. The molecular formula is C16H29N3O3Si. The summed E-state index contributed by atoms with van der Waals surface area (Å²) in [6.45, 7) is 8.19. The molecule has 0 amide bonds. The van der Waals surface area contributed by atoms with Gasteiger partial charge in [0.15, 0.2) is 0 Å². The summed E-state index contributed by atoms with van der Waals surface area (Å²) in [6, 6.07) is 1.14. The Morgan fingerprint density at radius 3 is 2.87 bits per heavy atom. The number of nitrogens with two attached hydrogens (primary N) is 1. The van der Waals surface area contributed by atoms with Gasteiger partial charge in [0, 0.05) is 26.4 Å². The lowest BCUT2D eigenvalue weighted by atomic mass is 9.78. The first kappa shape index (κ1) is 18.2. The van der Waals surface area contributed by atoms with Crippen molar-refractivity contribution < 1.29 is 14.3 Å². The van der Waals surface area contributed by atoms with Crippen LogP contribution in [0.2, 0.25) is 25.7 Å². The average molecular weight is 340 g/mol. The van der Waals surface area contributed by atoms with Crippen molar-refractivity contribution in [1.29, 1.82) is 0 Å². The zero-order chi connectivity index (χ0) is 17.1. The highest BCUT2D eigenvalue weighted by atomic mass is 28.3. The van der Waals surface area contributed by atoms with E-state index in [0.717, 1.165) is 43.2 Å². The zero-order valence-corrected chi connectivity index (χ0v) is 15.7. The number of carbonyl (C=O) groups is 1. The molecule has 1 aliphatic carbocycles. The number of nitrogens with zero attached hydrogens (tertiary/aromatic N) is 2. The van der Waals surface area contributed by atoms with E-state index in [1.54, 1.807) is 4.68 Å². The minimum Gasteiger partial charge on any atom is -0.469 e. The van der Waals surface area contributed by atoms with Crippen molar-refractivity contribution >= 4 is 14.0 Å². The van der Waals surface area contributed by atoms with Gasteiger partial charge in [-0.05, 0) is 25.3 Å². The Kier molecular flexibility index (Phi) is 5.64. The van der Waals surface area contributed by atoms with E-state index < -0.39 is 13.6 Å². The number of aryl methyl sites for hydroxylation is 1. The van der Waals surface area contributed by atoms with Gasteiger partial charge >= 0.3 is 5.97 Å². The molecule has 7 heteroatoms. The van der Waals surface area contributed by atoms with Gasteiger partial charge in [-0.25, -0.2) is 4.68 Å². The molecule has 0 bridgehead atoms. The summed E-state index contributed by atoms with van der Waals surface area (Å²) in [7, 11) is 0.317. The second kappa shape index (κ2) is 7.15. The Morgan fingerprint density at radius 1 is 1.48 bits per heavy atom. The maximum Gasteiger partial charge on any atom is 0.307 e. The van der Waals surface area contributed by atoms with Gasteiger partial charge in [0.2, 0.25) is 0 Å². The van der Waals surface area contributed by atoms with Crippen molar-refractivity contribution in [3.05, 3.63) is 17.5 Å². The topological polar surface area (TPSA) is 79.4 Å². The van der Waals surface area contributed by atoms with E-state index in [0.29, 0.717) is 6.73 Å². The average Bonchev–Trinajstić information content (AvgIpc) is 2.87. The Hall–Kier alpha value is -1.18. The molecule has 0 spiro atoms. The smallest absolute Gasteiger partial charge is 0.307 e. The standard InChI is InChI=1S/C16H29N3O3Si/c1-21-15(20)10-16(17)7-5-6-14-13(16)11-19(18-14)12-22-8-9-23(2,3)4/h11H,5-10,12,17H2,1-4H3/t16-/m0/s1. The van der Waals surface area contributed by atoms with Gasteiger partial charge in [-0.2, -0.15) is 5.10 Å². The first-order valence-electron chi connectivity index (χ1n) is 8.24. The predicted molar refractivity (Wildman–Crippen MR) is 91.8 cm³/mol. The molecule has 2 N–H and O–H groups in total. The molecule has 0 aliphatic heterocycles. The molecule has 1 atom stereocenters. The molecule has 1 aromatic heterocycles. The van der Waals surface area contributed by atoms with Gasteiger partial charge in [0.25, 0.3) is 0 Å². The second-order valence-electron chi connectivity index (χ2n) is 7.64. The first-order chi connectivity index (χ1) is 10.7. The maximum atomic E-state index is 11.7. The van der Waals surface area contributed by atoms with E-state index in [-0.39, 0.29) is 12.4 Å². The molecule has 130 valence electrons. The van der Waals surface area contributed by atoms with Crippen LogP contribution in [0.25, 0.3) is 0 Å². The molecule has 0 saturated heterocycles. The molecular weight excluding hydrogens is 310 g/mol. The summed E-state index contributed by atoms with van der Waals surface area (Å²) >= 11 is 0. The summed E-state index contributed by atoms with van der Waals surface area (Å²) in [4.78, 5) is 11.7. The van der Waals surface area contributed by atoms with Crippen molar-refractivity contribution in [1.82, 2.24) is 9.78 Å². The minimum absolute atomic E-state index is 0.193. The van der Waals surface area contributed by atoms with Gasteiger partial charge in [-0.15, -0.1) is 0 Å². The van der Waals surface area contributed by atoms with Crippen molar-refractivity contribution in [3.63, 3.8) is 0 Å². The number of fused-ring (bicyclic) bond motifs is 1. The van der Waals surface area contributed by atoms with Crippen molar-refractivity contribution in [2.45, 2.75) is 63.6 Å². The van der Waals surface area contributed by atoms with Gasteiger partial charge < -0.3 is 15.2 Å². The van der Waals surface area contributed by atoms with E-state index in [4.69, 9.17) is 15.2 Å². The lowest BCUT2D eigenvalue weighted by Crippen LogP contribution is -2.41. The number of rotatable bonds is 7. The summed E-state index contributed by atoms with van der Waals surface area (Å²) in [5.41, 5.74) is 7.76. The van der Waals surface area contributed by atoms with E-state index in [1.807, 2.05) is 6.20 Å². The highest BCUT2D eigenvalue weighted by molar-refractivity contribution is 6.76. The summed E-state index contributed by atoms with van der Waals surface area (Å²) in [6.07, 6.45) is 4.74. The molecule has 2 rings (SSSR count). The lowest BCUT2D eigenvalue weighted by molar-refractivity contribution is -0.142. The van der Waals surface area contributed by atoms with Crippen LogP contribution in [0.5, 0.6) is 0 Å². The van der Waals surface area contributed by atoms with Crippen molar-refractivity contribution in [2.75, 3.05) is 13.7 Å². The van der Waals surface area contributed by atoms with Crippen molar-refractivity contribution in [3.8, 4) is 0 Å². The van der Waals surface area contributed by atoms with Crippen LogP contribution in [0.1, 0.15) is 30.5 Å². The molecule has 1 heterocycles. The Labute approximate surface area is 139 Å². The van der Waals surface area contributed by atoms with E-state index in [9.17, 15) is 4.79 Å². The molecule has 0 fully saturated rings. The number of hydrogen-bond acceptors (Lipinski definition) is 5. The first-order valence-corrected chi connectivity index (χ1v) is 11.9. The molecule has 0 unspecified atom stereocenters. The molecule has 0 radical (unpaired) electrons. The molecule has 6 nitrogen and oxygen atoms in total. The van der Waals surface area contributed by atoms with Crippen LogP contribution < -0.4 is 5.73 Å². The Morgan fingerprint density at radius 2 is 2.22 bits per heavy atom. The summed E-state index contributed by atoms with van der Waals surface area (Å²) in [5, 5.41) is 4.58. The highest BCUT2D eigenvalue weighted by Gasteiger charge is 2.37. The zero-order valence-electron chi connectivity index (χ0n) is 14.7. The molecule has 0 aromatic carbocycles. The molecule has 1 aliphatic rings. The molecule has 23 heavy (non-hydrogen) atoms. The number of aromatic nitrogens is 2. The quantitative estimate of drug-likeness (QED) is 0.468. The third-order valence-electron chi connectivity index (χ3n) is 4.32. The van der Waals surface area contributed by atoms with Crippen LogP contribution >= 0.6 is 0 Å². The number of ether oxygens (including phenoxy) is 2. The largest absolute Gasteiger partial charge is 0.469 e. The van der Waals surface area contributed by atoms with Gasteiger partial charge in [-0.1, -0.05) is 19.6 Å².